The van der Waals surface area contributed by atoms with Gasteiger partial charge in [-0.25, -0.2) is 9.97 Å². The molecule has 0 saturated carbocycles. The van der Waals surface area contributed by atoms with E-state index in [2.05, 4.69) is 62.4 Å². The van der Waals surface area contributed by atoms with Crippen LogP contribution in [-0.4, -0.2) is 79.2 Å². The number of anilines is 2. The first-order valence-corrected chi connectivity index (χ1v) is 15.1. The monoisotopic (exact) mass is 636 g/mol. The van der Waals surface area contributed by atoms with Crippen molar-refractivity contribution in [3.05, 3.63) is 47.4 Å². The molecule has 2 aliphatic rings. The molecule has 240 valence electrons. The summed E-state index contributed by atoms with van der Waals surface area (Å²) in [6.45, 7) is 14.3. The van der Waals surface area contributed by atoms with Crippen LogP contribution in [0.2, 0.25) is 0 Å². The lowest BCUT2D eigenvalue weighted by Gasteiger charge is -2.40. The van der Waals surface area contributed by atoms with E-state index in [1.807, 2.05) is 21.9 Å². The minimum absolute atomic E-state index is 0. The number of nitrogens with one attached hydrogen (secondary N) is 2. The molecule has 2 N–H and O–H groups in total. The standard InChI is InChI=1S/C32H48N6O3.2ClH/c1-22(2)21-38(30(40)26-20-35-31(32(3,4)5)36-28(26)34-14-10-16-41-6)25-17-24(18-33-19-25)29(39)37-15-9-12-23-11-7-8-13-27(23)37;;/h7-8,11,13,20,22,24-25,33H,9-10,12,14-19,21H2,1-6H3,(H,34,35,36);2*1H/t24-,25+;;/m1../s1. The maximum absolute atomic E-state index is 14.3. The first kappa shape index (κ1) is 36.7. The molecule has 1 aromatic heterocycles. The molecule has 4 rings (SSSR count). The summed E-state index contributed by atoms with van der Waals surface area (Å²) in [4.78, 5) is 41.4. The molecule has 11 heteroatoms. The summed E-state index contributed by atoms with van der Waals surface area (Å²) >= 11 is 0. The van der Waals surface area contributed by atoms with Crippen LogP contribution in [0.4, 0.5) is 11.5 Å². The molecule has 0 spiro atoms. The van der Waals surface area contributed by atoms with Crippen molar-refractivity contribution < 1.29 is 14.3 Å². The number of carbonyl (C=O) groups excluding carboxylic acids is 2. The highest BCUT2D eigenvalue weighted by Gasteiger charge is 2.37. The van der Waals surface area contributed by atoms with Gasteiger partial charge in [0.2, 0.25) is 5.91 Å². The third-order valence-electron chi connectivity index (χ3n) is 7.82. The van der Waals surface area contributed by atoms with Crippen LogP contribution in [0.15, 0.2) is 30.5 Å². The second-order valence-electron chi connectivity index (χ2n) is 12.8. The highest BCUT2D eigenvalue weighted by Crippen LogP contribution is 2.31. The summed E-state index contributed by atoms with van der Waals surface area (Å²) < 4.78 is 5.20. The zero-order chi connectivity index (χ0) is 29.6. The first-order valence-electron chi connectivity index (χ1n) is 15.1. The van der Waals surface area contributed by atoms with Crippen LogP contribution in [0.5, 0.6) is 0 Å². The summed E-state index contributed by atoms with van der Waals surface area (Å²) in [7, 11) is 1.68. The molecule has 2 amide bonds. The largest absolute Gasteiger partial charge is 0.385 e. The third-order valence-corrected chi connectivity index (χ3v) is 7.82. The molecule has 1 saturated heterocycles. The number of fused-ring (bicyclic) bond motifs is 1. The van der Waals surface area contributed by atoms with Gasteiger partial charge in [-0.15, -0.1) is 24.8 Å². The number of hydrogen-bond donors (Lipinski definition) is 2. The SMILES string of the molecule is COCCCNc1nc(C(C)(C)C)ncc1C(=O)N(CC(C)C)[C@@H]1CNC[C@H](C(=O)N2CCCc3ccccc32)C1.Cl.Cl. The molecule has 0 unspecified atom stereocenters. The lowest BCUT2D eigenvalue weighted by molar-refractivity contribution is -0.123. The van der Waals surface area contributed by atoms with E-state index in [9.17, 15) is 9.59 Å². The molecule has 2 aliphatic heterocycles. The summed E-state index contributed by atoms with van der Waals surface area (Å²) in [6.07, 6.45) is 5.06. The Morgan fingerprint density at radius 2 is 1.93 bits per heavy atom. The summed E-state index contributed by atoms with van der Waals surface area (Å²) in [6, 6.07) is 8.10. The van der Waals surface area contributed by atoms with Gasteiger partial charge in [0.1, 0.15) is 17.2 Å². The number of benzene rings is 1. The lowest BCUT2D eigenvalue weighted by Crippen LogP contribution is -2.55. The number of halogens is 2. The Balaban J connectivity index is 0.00000323. The first-order chi connectivity index (χ1) is 19.6. The van der Waals surface area contributed by atoms with Gasteiger partial charge in [0.25, 0.3) is 5.91 Å². The van der Waals surface area contributed by atoms with Crippen LogP contribution >= 0.6 is 24.8 Å². The second kappa shape index (κ2) is 16.6. The summed E-state index contributed by atoms with van der Waals surface area (Å²) in [5.41, 5.74) is 2.47. The van der Waals surface area contributed by atoms with E-state index in [0.717, 1.165) is 31.5 Å². The average molecular weight is 638 g/mol. The van der Waals surface area contributed by atoms with Gasteiger partial charge >= 0.3 is 0 Å². The Kier molecular flexibility index (Phi) is 14.2. The van der Waals surface area contributed by atoms with E-state index in [1.165, 1.54) is 5.56 Å². The predicted octanol–water partition coefficient (Wildman–Crippen LogP) is 5.12. The van der Waals surface area contributed by atoms with Gasteiger partial charge in [-0.05, 0) is 43.2 Å². The molecule has 0 bridgehead atoms. The zero-order valence-corrected chi connectivity index (χ0v) is 28.2. The molecule has 43 heavy (non-hydrogen) atoms. The Labute approximate surface area is 269 Å². The number of nitrogens with zero attached hydrogens (tertiary/aromatic N) is 4. The summed E-state index contributed by atoms with van der Waals surface area (Å²) in [5, 5.41) is 6.86. The van der Waals surface area contributed by atoms with Crippen molar-refractivity contribution in [3.63, 3.8) is 0 Å². The topological polar surface area (TPSA) is 99.7 Å². The minimum atomic E-state index is -0.254. The Morgan fingerprint density at radius 3 is 2.63 bits per heavy atom. The van der Waals surface area contributed by atoms with Crippen LogP contribution in [0.25, 0.3) is 0 Å². The van der Waals surface area contributed by atoms with Gasteiger partial charge in [-0.3, -0.25) is 9.59 Å². The fourth-order valence-corrected chi connectivity index (χ4v) is 5.73. The number of piperidine rings is 1. The molecule has 9 nitrogen and oxygen atoms in total. The van der Waals surface area contributed by atoms with E-state index in [-0.39, 0.29) is 59.9 Å². The van der Waals surface area contributed by atoms with Gasteiger partial charge in [-0.2, -0.15) is 0 Å². The molecule has 0 aliphatic carbocycles. The smallest absolute Gasteiger partial charge is 0.259 e. The number of rotatable bonds is 10. The number of methoxy groups -OCH3 is 1. The van der Waals surface area contributed by atoms with Crippen molar-refractivity contribution in [2.45, 2.75) is 71.8 Å². The molecule has 1 aromatic carbocycles. The second-order valence-corrected chi connectivity index (χ2v) is 12.8. The Morgan fingerprint density at radius 1 is 1.19 bits per heavy atom. The van der Waals surface area contributed by atoms with Crippen molar-refractivity contribution in [3.8, 4) is 0 Å². The van der Waals surface area contributed by atoms with Crippen molar-refractivity contribution in [1.82, 2.24) is 20.2 Å². The highest BCUT2D eigenvalue weighted by atomic mass is 35.5. The number of aromatic nitrogens is 2. The summed E-state index contributed by atoms with van der Waals surface area (Å²) in [5.74, 6) is 1.35. The van der Waals surface area contributed by atoms with Crippen LogP contribution in [-0.2, 0) is 21.4 Å². The van der Waals surface area contributed by atoms with E-state index in [1.54, 1.807) is 13.3 Å². The van der Waals surface area contributed by atoms with Gasteiger partial charge in [0.15, 0.2) is 0 Å². The normalized spacial score (nSPS) is 18.3. The van der Waals surface area contributed by atoms with E-state index >= 15 is 0 Å². The maximum atomic E-state index is 14.3. The van der Waals surface area contributed by atoms with Gasteiger partial charge in [0, 0.05) is 69.8 Å². The van der Waals surface area contributed by atoms with Gasteiger partial charge < -0.3 is 25.2 Å². The highest BCUT2D eigenvalue weighted by molar-refractivity contribution is 5.99. The molecule has 1 fully saturated rings. The number of carbonyl (C=O) groups is 2. The van der Waals surface area contributed by atoms with Crippen molar-refractivity contribution in [1.29, 1.82) is 0 Å². The minimum Gasteiger partial charge on any atom is -0.385 e. The number of ether oxygens (including phenoxy) is 1. The zero-order valence-electron chi connectivity index (χ0n) is 26.5. The van der Waals surface area contributed by atoms with Crippen molar-refractivity contribution in [2.75, 3.05) is 56.7 Å². The Hall–Kier alpha value is -2.46. The average Bonchev–Trinajstić information content (AvgIpc) is 2.96. The Bertz CT molecular complexity index is 1210. The third kappa shape index (κ3) is 9.27. The fourth-order valence-electron chi connectivity index (χ4n) is 5.73. The lowest BCUT2D eigenvalue weighted by atomic mass is 9.91. The predicted molar refractivity (Wildman–Crippen MR) is 178 cm³/mol. The van der Waals surface area contributed by atoms with Crippen molar-refractivity contribution in [2.24, 2.45) is 11.8 Å². The van der Waals surface area contributed by atoms with Crippen molar-refractivity contribution >= 4 is 48.1 Å². The van der Waals surface area contributed by atoms with Gasteiger partial charge in [0.05, 0.1) is 5.92 Å². The van der Waals surface area contributed by atoms with Crippen LogP contribution in [0, 0.1) is 11.8 Å². The van der Waals surface area contributed by atoms with Crippen LogP contribution < -0.4 is 15.5 Å². The molecule has 2 aromatic rings. The number of hydrogen-bond acceptors (Lipinski definition) is 7. The quantitative estimate of drug-likeness (QED) is 0.349. The molecule has 0 radical (unpaired) electrons. The molecule has 2 atom stereocenters. The number of amides is 2. The molecular weight excluding hydrogens is 587 g/mol. The molecular formula is C32H50Cl2N6O3. The van der Waals surface area contributed by atoms with Gasteiger partial charge in [-0.1, -0.05) is 52.8 Å². The van der Waals surface area contributed by atoms with E-state index in [4.69, 9.17) is 9.72 Å². The van der Waals surface area contributed by atoms with Crippen LogP contribution in [0.3, 0.4) is 0 Å². The fraction of sp³-hybridized carbons (Fsp3) is 0.625. The molecule has 3 heterocycles. The van der Waals surface area contributed by atoms with E-state index < -0.39 is 0 Å². The maximum Gasteiger partial charge on any atom is 0.259 e. The van der Waals surface area contributed by atoms with Crippen LogP contribution in [0.1, 0.15) is 75.6 Å². The number of para-hydroxylation sites is 1. The van der Waals surface area contributed by atoms with E-state index in [0.29, 0.717) is 56.4 Å². The number of aryl methyl sites for hydroxylation is 1.